The predicted octanol–water partition coefficient (Wildman–Crippen LogP) is 19.8. The molecular formula is C62H42IN3S3. The predicted molar refractivity (Wildman–Crippen MR) is 313 cm³/mol. The van der Waals surface area contributed by atoms with E-state index in [1.165, 1.54) is 105 Å². The van der Waals surface area contributed by atoms with Gasteiger partial charge in [0, 0.05) is 97.4 Å². The van der Waals surface area contributed by atoms with Gasteiger partial charge in [-0.3, -0.25) is 3.11 Å². The standard InChI is InChI=1S/C62H42IN3S3/c1-64(48-27-30-60-54(36-48)51-9-3-6-12-57(51)67-60)45-21-15-39(16-22-45)42-33-43(40-17-23-46(24-18-40)65(2)49-28-31-61-55(37-49)52-10-4-7-13-58(52)68-61)35-44(34-42)41-19-25-47(26-20-41)66(63)50-29-32-62-56(38-50)53-11-5-8-14-59(53)69-62/h3-38H,1-2H3. The van der Waals surface area contributed by atoms with Crippen molar-refractivity contribution in [2.75, 3.05) is 27.0 Å². The lowest BCUT2D eigenvalue weighted by Crippen LogP contribution is -2.09. The van der Waals surface area contributed by atoms with E-state index in [4.69, 9.17) is 0 Å². The first-order valence-electron chi connectivity index (χ1n) is 23.0. The van der Waals surface area contributed by atoms with Crippen molar-refractivity contribution in [2.24, 2.45) is 0 Å². The number of fused-ring (bicyclic) bond motifs is 9. The highest BCUT2D eigenvalue weighted by Crippen LogP contribution is 2.42. The van der Waals surface area contributed by atoms with Crippen LogP contribution in [-0.2, 0) is 0 Å². The van der Waals surface area contributed by atoms with Crippen LogP contribution in [0.25, 0.3) is 93.9 Å². The van der Waals surface area contributed by atoms with Gasteiger partial charge in [-0.05, 0) is 161 Å². The lowest BCUT2D eigenvalue weighted by atomic mass is 9.93. The van der Waals surface area contributed by atoms with Gasteiger partial charge in [0.15, 0.2) is 0 Å². The fraction of sp³-hybridized carbons (Fsp3) is 0.0323. The normalized spacial score (nSPS) is 11.7. The van der Waals surface area contributed by atoms with Crippen LogP contribution in [0, 0.1) is 0 Å². The molecule has 7 heteroatoms. The third kappa shape index (κ3) is 7.61. The van der Waals surface area contributed by atoms with Gasteiger partial charge in [0.1, 0.15) is 0 Å². The summed E-state index contributed by atoms with van der Waals surface area (Å²) in [6.07, 6.45) is 0. The van der Waals surface area contributed by atoms with E-state index in [1.807, 2.05) is 34.0 Å². The Hall–Kier alpha value is -7.01. The molecule has 0 bridgehead atoms. The Labute approximate surface area is 426 Å². The lowest BCUT2D eigenvalue weighted by Gasteiger charge is -2.21. The minimum atomic E-state index is 1.13. The van der Waals surface area contributed by atoms with E-state index >= 15 is 0 Å². The van der Waals surface area contributed by atoms with E-state index in [0.29, 0.717) is 0 Å². The zero-order valence-electron chi connectivity index (χ0n) is 37.7. The first-order chi connectivity index (χ1) is 33.9. The second-order valence-corrected chi connectivity index (χ2v) is 21.9. The molecule has 330 valence electrons. The number of rotatable bonds is 9. The molecule has 0 amide bonds. The van der Waals surface area contributed by atoms with Crippen molar-refractivity contribution in [1.29, 1.82) is 0 Å². The molecule has 0 saturated carbocycles. The van der Waals surface area contributed by atoms with E-state index in [9.17, 15) is 0 Å². The maximum Gasteiger partial charge on any atom is 0.0646 e. The minimum absolute atomic E-state index is 1.13. The SMILES string of the molecule is CN(c1ccc(-c2cc(-c3ccc(N(C)c4ccc5sc6ccccc6c5c4)cc3)cc(-c3ccc(N(I)c4ccc5sc6ccccc6c5c4)cc3)c2)cc1)c1ccc2sc3ccccc3c2c1. The fourth-order valence-corrected chi connectivity index (χ4v) is 13.7. The highest BCUT2D eigenvalue weighted by atomic mass is 127. The first-order valence-corrected chi connectivity index (χ1v) is 26.4. The van der Waals surface area contributed by atoms with Crippen LogP contribution < -0.4 is 12.9 Å². The average Bonchev–Trinajstić information content (AvgIpc) is 4.11. The number of hydrogen-bond donors (Lipinski definition) is 0. The summed E-state index contributed by atoms with van der Waals surface area (Å²) in [6.45, 7) is 0. The highest BCUT2D eigenvalue weighted by molar-refractivity contribution is 14.1. The number of hydrogen-bond acceptors (Lipinski definition) is 6. The fourth-order valence-electron chi connectivity index (χ4n) is 9.80. The van der Waals surface area contributed by atoms with E-state index < -0.39 is 0 Å². The summed E-state index contributed by atoms with van der Waals surface area (Å²) in [5.41, 5.74) is 14.0. The molecule has 3 nitrogen and oxygen atoms in total. The summed E-state index contributed by atoms with van der Waals surface area (Å²) in [4.78, 5) is 4.57. The highest BCUT2D eigenvalue weighted by Gasteiger charge is 2.15. The van der Waals surface area contributed by atoms with Crippen LogP contribution in [0.4, 0.5) is 34.1 Å². The molecule has 0 unspecified atom stereocenters. The van der Waals surface area contributed by atoms with Gasteiger partial charge in [-0.15, -0.1) is 34.0 Å². The maximum atomic E-state index is 2.45. The molecule has 0 radical (unpaired) electrons. The average molecular weight is 1050 g/mol. The molecule has 13 aromatic rings. The Kier molecular flexibility index (Phi) is 10.5. The molecule has 13 rings (SSSR count). The molecular weight excluding hydrogens is 1010 g/mol. The van der Waals surface area contributed by atoms with Crippen LogP contribution >= 0.6 is 56.9 Å². The Morgan fingerprint density at radius 2 is 0.551 bits per heavy atom. The maximum absolute atomic E-state index is 2.45. The zero-order valence-corrected chi connectivity index (χ0v) is 42.3. The van der Waals surface area contributed by atoms with Crippen molar-refractivity contribution in [3.63, 3.8) is 0 Å². The Balaban J connectivity index is 0.833. The van der Waals surface area contributed by atoms with Gasteiger partial charge in [0.05, 0.1) is 34.2 Å². The molecule has 0 atom stereocenters. The quantitative estimate of drug-likeness (QED) is 0.105. The number of benzene rings is 10. The summed E-state index contributed by atoms with van der Waals surface area (Å²) in [6, 6.07) is 80.7. The second-order valence-electron chi connectivity index (χ2n) is 17.7. The summed E-state index contributed by atoms with van der Waals surface area (Å²) in [5.74, 6) is 0. The molecule has 0 saturated heterocycles. The number of thiophene rings is 3. The van der Waals surface area contributed by atoms with Gasteiger partial charge < -0.3 is 9.80 Å². The number of anilines is 6. The van der Waals surface area contributed by atoms with Crippen molar-refractivity contribution in [2.45, 2.75) is 0 Å². The van der Waals surface area contributed by atoms with Crippen LogP contribution in [0.5, 0.6) is 0 Å². The summed E-state index contributed by atoms with van der Waals surface area (Å²) < 4.78 is 10.2. The topological polar surface area (TPSA) is 9.72 Å². The van der Waals surface area contributed by atoms with Gasteiger partial charge in [-0.25, -0.2) is 0 Å². The van der Waals surface area contributed by atoms with Crippen LogP contribution in [0.15, 0.2) is 218 Å². The van der Waals surface area contributed by atoms with Crippen molar-refractivity contribution in [3.8, 4) is 33.4 Å². The molecule has 0 fully saturated rings. The Morgan fingerprint density at radius 3 is 0.928 bits per heavy atom. The largest absolute Gasteiger partial charge is 0.345 e. The molecule has 0 N–H and O–H groups in total. The van der Waals surface area contributed by atoms with Crippen molar-refractivity contribution in [1.82, 2.24) is 0 Å². The number of halogens is 1. The van der Waals surface area contributed by atoms with E-state index in [0.717, 1.165) is 22.7 Å². The summed E-state index contributed by atoms with van der Waals surface area (Å²) >= 11 is 8.01. The van der Waals surface area contributed by atoms with Gasteiger partial charge in [-0.2, -0.15) is 0 Å². The van der Waals surface area contributed by atoms with Crippen molar-refractivity contribution >= 4 is 152 Å². The van der Waals surface area contributed by atoms with Gasteiger partial charge in [-0.1, -0.05) is 91.0 Å². The molecule has 69 heavy (non-hydrogen) atoms. The van der Waals surface area contributed by atoms with Gasteiger partial charge in [0.25, 0.3) is 0 Å². The number of nitrogens with zero attached hydrogens (tertiary/aromatic N) is 3. The Morgan fingerprint density at radius 1 is 0.261 bits per heavy atom. The lowest BCUT2D eigenvalue weighted by molar-refractivity contribution is 1.21. The van der Waals surface area contributed by atoms with Crippen LogP contribution in [0.3, 0.4) is 0 Å². The third-order valence-corrected chi connectivity index (χ3v) is 18.2. The minimum Gasteiger partial charge on any atom is -0.345 e. The molecule has 3 heterocycles. The molecule has 0 aliphatic rings. The smallest absolute Gasteiger partial charge is 0.0646 e. The molecule has 0 aliphatic heterocycles. The van der Waals surface area contributed by atoms with Gasteiger partial charge in [0.2, 0.25) is 0 Å². The van der Waals surface area contributed by atoms with Gasteiger partial charge >= 0.3 is 0 Å². The summed E-state index contributed by atoms with van der Waals surface area (Å²) in [5, 5.41) is 7.86. The molecule has 3 aromatic heterocycles. The molecule has 0 aliphatic carbocycles. The zero-order chi connectivity index (χ0) is 46.2. The van der Waals surface area contributed by atoms with Crippen molar-refractivity contribution < 1.29 is 0 Å². The summed E-state index contributed by atoms with van der Waals surface area (Å²) in [7, 11) is 4.33. The third-order valence-electron chi connectivity index (χ3n) is 13.6. The Bertz CT molecular complexity index is 3640. The first kappa shape index (κ1) is 42.1. The van der Waals surface area contributed by atoms with E-state index in [1.54, 1.807) is 0 Å². The monoisotopic (exact) mass is 1050 g/mol. The molecule has 10 aromatic carbocycles. The van der Waals surface area contributed by atoms with Crippen LogP contribution in [0.2, 0.25) is 0 Å². The van der Waals surface area contributed by atoms with Crippen LogP contribution in [0.1, 0.15) is 0 Å². The van der Waals surface area contributed by atoms with Crippen molar-refractivity contribution in [3.05, 3.63) is 218 Å². The van der Waals surface area contributed by atoms with Crippen LogP contribution in [-0.4, -0.2) is 14.1 Å². The van der Waals surface area contributed by atoms with E-state index in [2.05, 4.69) is 268 Å². The second kappa shape index (κ2) is 17.2. The molecule has 0 spiro atoms. The van der Waals surface area contributed by atoms with E-state index in [-0.39, 0.29) is 0 Å².